The van der Waals surface area contributed by atoms with Crippen molar-refractivity contribution in [3.8, 4) is 5.75 Å². The topological polar surface area (TPSA) is 113 Å². The molecule has 0 radical (unpaired) electrons. The number of amides is 2. The summed E-state index contributed by atoms with van der Waals surface area (Å²) in [7, 11) is 0. The Kier molecular flexibility index (Phi) is 6.31. The number of aliphatic carboxylic acids is 1. The van der Waals surface area contributed by atoms with Gasteiger partial charge < -0.3 is 9.84 Å². The number of esters is 1. The summed E-state index contributed by atoms with van der Waals surface area (Å²) in [5, 5.41) is 13.8. The number of hydrogen-bond donors (Lipinski definition) is 2. The number of nitrogens with one attached hydrogen (secondary N) is 1. The summed E-state index contributed by atoms with van der Waals surface area (Å²) in [5.41, 5.74) is -1.58. The Morgan fingerprint density at radius 3 is 2.24 bits per heavy atom. The number of carboxylic acids is 1. The molecule has 4 unspecified atom stereocenters. The van der Waals surface area contributed by atoms with Crippen molar-refractivity contribution in [2.45, 2.75) is 83.3 Å². The van der Waals surface area contributed by atoms with Gasteiger partial charge in [0.15, 0.2) is 0 Å². The minimum Gasteiger partial charge on any atom is -0.480 e. The Bertz CT molecular complexity index is 992. The lowest BCUT2D eigenvalue weighted by Crippen LogP contribution is -2.58. The molecule has 34 heavy (non-hydrogen) atoms. The first-order valence-corrected chi connectivity index (χ1v) is 12.1. The van der Waals surface area contributed by atoms with Crippen LogP contribution < -0.4 is 10.1 Å². The molecule has 1 aliphatic carbocycles. The molecule has 4 atom stereocenters. The van der Waals surface area contributed by atoms with E-state index in [0.29, 0.717) is 17.7 Å². The molecule has 184 valence electrons. The van der Waals surface area contributed by atoms with E-state index in [4.69, 9.17) is 4.74 Å². The number of benzene rings is 1. The van der Waals surface area contributed by atoms with E-state index in [2.05, 4.69) is 5.32 Å². The molecule has 8 nitrogen and oxygen atoms in total. The summed E-state index contributed by atoms with van der Waals surface area (Å²) in [5.74, 6) is -3.51. The maximum Gasteiger partial charge on any atom is 0.324 e. The molecule has 8 heteroatoms. The lowest BCUT2D eigenvalue weighted by molar-refractivity contribution is -0.154. The van der Waals surface area contributed by atoms with Crippen molar-refractivity contribution >= 4 is 23.8 Å². The van der Waals surface area contributed by atoms with Gasteiger partial charge in [-0.05, 0) is 50.8 Å². The van der Waals surface area contributed by atoms with Gasteiger partial charge in [0.2, 0.25) is 11.8 Å². The highest BCUT2D eigenvalue weighted by molar-refractivity contribution is 6.10. The van der Waals surface area contributed by atoms with E-state index in [9.17, 15) is 24.3 Å². The van der Waals surface area contributed by atoms with Crippen LogP contribution in [0.15, 0.2) is 24.3 Å². The Balaban J connectivity index is 1.77. The van der Waals surface area contributed by atoms with Crippen LogP contribution in [0.2, 0.25) is 0 Å². The van der Waals surface area contributed by atoms with Gasteiger partial charge >= 0.3 is 11.9 Å². The molecular weight excluding hydrogens is 436 g/mol. The maximum atomic E-state index is 13.7. The highest BCUT2D eigenvalue weighted by Crippen LogP contribution is 2.53. The van der Waals surface area contributed by atoms with Crippen LogP contribution in [0.5, 0.6) is 5.75 Å². The Morgan fingerprint density at radius 1 is 1.09 bits per heavy atom. The van der Waals surface area contributed by atoms with E-state index in [1.54, 1.807) is 45.0 Å². The second-order valence-electron chi connectivity index (χ2n) is 11.0. The smallest absolute Gasteiger partial charge is 0.324 e. The Hall–Kier alpha value is -2.74. The van der Waals surface area contributed by atoms with Crippen molar-refractivity contribution < 1.29 is 29.0 Å². The first-order valence-electron chi connectivity index (χ1n) is 12.1. The number of fused-ring (bicyclic) bond motifs is 1. The van der Waals surface area contributed by atoms with Gasteiger partial charge in [0.05, 0.1) is 11.8 Å². The van der Waals surface area contributed by atoms with Crippen LogP contribution in [0, 0.1) is 17.8 Å². The molecule has 0 aromatic heterocycles. The highest BCUT2D eigenvalue weighted by Gasteiger charge is 2.69. The summed E-state index contributed by atoms with van der Waals surface area (Å²) in [6, 6.07) is 6.06. The van der Waals surface area contributed by atoms with E-state index < -0.39 is 46.8 Å². The lowest BCUT2D eigenvalue weighted by atomic mass is 9.72. The predicted molar refractivity (Wildman–Crippen MR) is 124 cm³/mol. The monoisotopic (exact) mass is 470 g/mol. The number of carbonyl (C=O) groups excluding carboxylic acids is 3. The van der Waals surface area contributed by atoms with Crippen LogP contribution in [0.4, 0.5) is 0 Å². The number of nitrogens with zero attached hydrogens (tertiary/aromatic N) is 1. The molecule has 0 spiro atoms. The Morgan fingerprint density at radius 2 is 1.71 bits per heavy atom. The zero-order chi connectivity index (χ0) is 24.8. The average Bonchev–Trinajstić information content (AvgIpc) is 3.23. The fraction of sp³-hybridized carbons (Fsp3) is 0.615. The number of hydrogen-bond acceptors (Lipinski definition) is 6. The second kappa shape index (κ2) is 8.80. The van der Waals surface area contributed by atoms with Crippen LogP contribution in [-0.2, 0) is 19.2 Å². The Labute approximate surface area is 200 Å². The minimum atomic E-state index is -1.52. The van der Waals surface area contributed by atoms with Crippen LogP contribution in [0.25, 0.3) is 0 Å². The molecular formula is C26H34N2O6. The van der Waals surface area contributed by atoms with E-state index in [-0.39, 0.29) is 11.8 Å². The van der Waals surface area contributed by atoms with Gasteiger partial charge in [-0.2, -0.15) is 0 Å². The number of rotatable bonds is 5. The summed E-state index contributed by atoms with van der Waals surface area (Å²) >= 11 is 0. The molecule has 4 rings (SSSR count). The van der Waals surface area contributed by atoms with Crippen LogP contribution in [-0.4, -0.2) is 44.8 Å². The second-order valence-corrected chi connectivity index (χ2v) is 11.0. The largest absolute Gasteiger partial charge is 0.480 e. The highest BCUT2D eigenvalue weighted by atomic mass is 16.5. The fourth-order valence-corrected chi connectivity index (χ4v) is 6.18. The average molecular weight is 471 g/mol. The summed E-state index contributed by atoms with van der Waals surface area (Å²) in [6.45, 7) is 6.70. The third kappa shape index (κ3) is 4.13. The number of carbonyl (C=O) groups is 4. The van der Waals surface area contributed by atoms with Gasteiger partial charge in [-0.25, -0.2) is 0 Å². The van der Waals surface area contributed by atoms with E-state index in [0.717, 1.165) is 32.1 Å². The normalized spacial score (nSPS) is 29.9. The van der Waals surface area contributed by atoms with Crippen LogP contribution in [0.3, 0.4) is 0 Å². The molecule has 2 amide bonds. The van der Waals surface area contributed by atoms with Gasteiger partial charge in [0, 0.05) is 18.5 Å². The first-order chi connectivity index (χ1) is 16.0. The molecule has 2 saturated heterocycles. The zero-order valence-corrected chi connectivity index (χ0v) is 20.3. The van der Waals surface area contributed by atoms with E-state index in [1.807, 2.05) is 0 Å². The van der Waals surface area contributed by atoms with Crippen molar-refractivity contribution in [2.75, 3.05) is 0 Å². The number of likely N-dealkylation sites (tertiary alicyclic amines) is 1. The van der Waals surface area contributed by atoms with Crippen molar-refractivity contribution in [1.82, 2.24) is 10.2 Å². The molecule has 1 aromatic carbocycles. The van der Waals surface area contributed by atoms with Gasteiger partial charge in [0.25, 0.3) is 0 Å². The molecule has 3 aliphatic rings. The quantitative estimate of drug-likeness (QED) is 0.385. The van der Waals surface area contributed by atoms with Crippen LogP contribution in [0.1, 0.15) is 77.8 Å². The number of ether oxygens (including phenoxy) is 1. The lowest BCUT2D eigenvalue weighted by Gasteiger charge is -2.37. The molecule has 1 saturated carbocycles. The summed E-state index contributed by atoms with van der Waals surface area (Å²) in [6.07, 6.45) is 5.43. The standard InChI is InChI=1S/C26H34N2O6/c1-15(29)34-18-12-10-17(11-13-18)21-19-20(23(31)28(22(19)30)25(2,3)4)26(27-21,24(32)33)14-16-8-6-5-7-9-16/h10-13,16,19-21,27H,5-9,14H2,1-4H3,(H,32,33). The van der Waals surface area contributed by atoms with Crippen molar-refractivity contribution in [2.24, 2.45) is 17.8 Å². The van der Waals surface area contributed by atoms with Gasteiger partial charge in [0.1, 0.15) is 11.3 Å². The summed E-state index contributed by atoms with van der Waals surface area (Å²) < 4.78 is 5.12. The van der Waals surface area contributed by atoms with Gasteiger partial charge in [-0.15, -0.1) is 0 Å². The molecule has 2 aliphatic heterocycles. The first kappa shape index (κ1) is 24.4. The number of imide groups is 1. The van der Waals surface area contributed by atoms with Crippen molar-refractivity contribution in [3.63, 3.8) is 0 Å². The third-order valence-corrected chi connectivity index (χ3v) is 7.54. The van der Waals surface area contributed by atoms with Crippen LogP contribution >= 0.6 is 0 Å². The molecule has 3 fully saturated rings. The minimum absolute atomic E-state index is 0.190. The SMILES string of the molecule is CC(=O)Oc1ccc(C2NC(CC3CCCCC3)(C(=O)O)C3C(=O)N(C(C)(C)C)C(=O)C23)cc1. The van der Waals surface area contributed by atoms with E-state index in [1.165, 1.54) is 11.8 Å². The van der Waals surface area contributed by atoms with Crippen molar-refractivity contribution in [1.29, 1.82) is 0 Å². The zero-order valence-electron chi connectivity index (χ0n) is 20.3. The number of carboxylic acid groups (broad SMARTS) is 1. The third-order valence-electron chi connectivity index (χ3n) is 7.54. The van der Waals surface area contributed by atoms with E-state index >= 15 is 0 Å². The molecule has 0 bridgehead atoms. The van der Waals surface area contributed by atoms with Gasteiger partial charge in [-0.1, -0.05) is 44.2 Å². The van der Waals surface area contributed by atoms with Crippen molar-refractivity contribution in [3.05, 3.63) is 29.8 Å². The molecule has 2 N–H and O–H groups in total. The molecule has 1 aromatic rings. The van der Waals surface area contributed by atoms with Gasteiger partial charge in [-0.3, -0.25) is 29.4 Å². The maximum absolute atomic E-state index is 13.7. The predicted octanol–water partition coefficient (Wildman–Crippen LogP) is 3.45. The molecule has 2 heterocycles. The summed E-state index contributed by atoms with van der Waals surface area (Å²) in [4.78, 5) is 52.8. The fourth-order valence-electron chi connectivity index (χ4n) is 6.18.